The lowest BCUT2D eigenvalue weighted by Crippen LogP contribution is -2.33. The van der Waals surface area contributed by atoms with E-state index in [1.54, 1.807) is 7.11 Å². The van der Waals surface area contributed by atoms with Gasteiger partial charge in [-0.25, -0.2) is 0 Å². The van der Waals surface area contributed by atoms with E-state index in [4.69, 9.17) is 10.5 Å². The lowest BCUT2D eigenvalue weighted by molar-refractivity contribution is 0.184. The van der Waals surface area contributed by atoms with Crippen LogP contribution in [0.3, 0.4) is 0 Å². The highest BCUT2D eigenvalue weighted by Gasteiger charge is 2.16. The summed E-state index contributed by atoms with van der Waals surface area (Å²) in [5, 5.41) is 0. The fraction of sp³-hybridized carbons (Fsp3) is 0.571. The molecular formula is C14H24N2O. The van der Waals surface area contributed by atoms with Gasteiger partial charge in [0, 0.05) is 19.7 Å². The van der Waals surface area contributed by atoms with Gasteiger partial charge in [0.05, 0.1) is 6.61 Å². The average molecular weight is 236 g/mol. The SMILES string of the molecule is CCN(CC)C(CN)c1cccc(COC)c1. The van der Waals surface area contributed by atoms with E-state index in [-0.39, 0.29) is 0 Å². The molecule has 1 rings (SSSR count). The molecule has 0 bridgehead atoms. The first-order valence-corrected chi connectivity index (χ1v) is 6.28. The van der Waals surface area contributed by atoms with Gasteiger partial charge in [0.2, 0.25) is 0 Å². The van der Waals surface area contributed by atoms with E-state index in [1.165, 1.54) is 11.1 Å². The van der Waals surface area contributed by atoms with Crippen molar-refractivity contribution in [1.29, 1.82) is 0 Å². The van der Waals surface area contributed by atoms with E-state index in [2.05, 4.69) is 43.0 Å². The van der Waals surface area contributed by atoms with Crippen LogP contribution in [0.2, 0.25) is 0 Å². The molecule has 0 spiro atoms. The van der Waals surface area contributed by atoms with E-state index >= 15 is 0 Å². The number of ether oxygens (including phenoxy) is 1. The predicted octanol–water partition coefficient (Wildman–Crippen LogP) is 2.17. The minimum atomic E-state index is 0.307. The molecule has 96 valence electrons. The third-order valence-electron chi connectivity index (χ3n) is 3.12. The number of benzene rings is 1. The minimum Gasteiger partial charge on any atom is -0.380 e. The number of nitrogens with zero attached hydrogens (tertiary/aromatic N) is 1. The summed E-state index contributed by atoms with van der Waals surface area (Å²) in [6, 6.07) is 8.81. The highest BCUT2D eigenvalue weighted by Crippen LogP contribution is 2.20. The second-order valence-corrected chi connectivity index (χ2v) is 4.15. The van der Waals surface area contributed by atoms with Gasteiger partial charge in [-0.2, -0.15) is 0 Å². The molecule has 0 heterocycles. The Morgan fingerprint density at radius 3 is 2.53 bits per heavy atom. The normalized spacial score (nSPS) is 13.0. The minimum absolute atomic E-state index is 0.307. The maximum atomic E-state index is 5.91. The molecule has 1 aromatic rings. The fourth-order valence-electron chi connectivity index (χ4n) is 2.22. The molecule has 1 aromatic carbocycles. The molecule has 0 saturated heterocycles. The largest absolute Gasteiger partial charge is 0.380 e. The first kappa shape index (κ1) is 14.2. The first-order valence-electron chi connectivity index (χ1n) is 6.28. The Morgan fingerprint density at radius 1 is 1.29 bits per heavy atom. The monoisotopic (exact) mass is 236 g/mol. The maximum Gasteiger partial charge on any atom is 0.0713 e. The Morgan fingerprint density at radius 2 is 2.00 bits per heavy atom. The van der Waals surface area contributed by atoms with Gasteiger partial charge < -0.3 is 10.5 Å². The van der Waals surface area contributed by atoms with Crippen LogP contribution >= 0.6 is 0 Å². The quantitative estimate of drug-likeness (QED) is 0.788. The van der Waals surface area contributed by atoms with Gasteiger partial charge >= 0.3 is 0 Å². The molecule has 0 saturated carbocycles. The van der Waals surface area contributed by atoms with Crippen LogP contribution in [0.1, 0.15) is 31.0 Å². The molecule has 0 radical (unpaired) electrons. The molecule has 3 nitrogen and oxygen atoms in total. The van der Waals surface area contributed by atoms with Crippen LogP contribution in [0.25, 0.3) is 0 Å². The smallest absolute Gasteiger partial charge is 0.0713 e. The van der Waals surface area contributed by atoms with Gasteiger partial charge in [0.15, 0.2) is 0 Å². The number of likely N-dealkylation sites (N-methyl/N-ethyl adjacent to an activating group) is 1. The van der Waals surface area contributed by atoms with Gasteiger partial charge in [-0.15, -0.1) is 0 Å². The standard InChI is InChI=1S/C14H24N2O/c1-4-16(5-2)14(10-15)13-8-6-7-12(9-13)11-17-3/h6-9,14H,4-5,10-11,15H2,1-3H3. The van der Waals surface area contributed by atoms with Gasteiger partial charge in [0.1, 0.15) is 0 Å². The topological polar surface area (TPSA) is 38.5 Å². The summed E-state index contributed by atoms with van der Waals surface area (Å²) in [5.74, 6) is 0. The van der Waals surface area contributed by atoms with Crippen LogP contribution in [-0.2, 0) is 11.3 Å². The summed E-state index contributed by atoms with van der Waals surface area (Å²) in [6.45, 7) is 7.69. The molecule has 3 heteroatoms. The molecule has 0 aliphatic heterocycles. The molecule has 2 N–H and O–H groups in total. The second-order valence-electron chi connectivity index (χ2n) is 4.15. The van der Waals surface area contributed by atoms with Crippen molar-refractivity contribution >= 4 is 0 Å². The van der Waals surface area contributed by atoms with Crippen LogP contribution < -0.4 is 5.73 Å². The summed E-state index contributed by atoms with van der Waals surface area (Å²) in [4.78, 5) is 2.38. The van der Waals surface area contributed by atoms with E-state index in [1.807, 2.05) is 0 Å². The Balaban J connectivity index is 2.90. The molecule has 1 atom stereocenters. The van der Waals surface area contributed by atoms with Gasteiger partial charge in [0.25, 0.3) is 0 Å². The van der Waals surface area contributed by atoms with Gasteiger partial charge in [-0.3, -0.25) is 4.90 Å². The Kier molecular flexibility index (Phi) is 6.19. The zero-order valence-electron chi connectivity index (χ0n) is 11.1. The van der Waals surface area contributed by atoms with Crippen LogP contribution in [-0.4, -0.2) is 31.6 Å². The Hall–Kier alpha value is -0.900. The lowest BCUT2D eigenvalue weighted by atomic mass is 10.0. The molecule has 0 aromatic heterocycles. The van der Waals surface area contributed by atoms with Gasteiger partial charge in [-0.05, 0) is 24.2 Å². The molecule has 0 fully saturated rings. The average Bonchev–Trinajstić information content (AvgIpc) is 2.36. The highest BCUT2D eigenvalue weighted by atomic mass is 16.5. The zero-order valence-corrected chi connectivity index (χ0v) is 11.1. The van der Waals surface area contributed by atoms with Crippen molar-refractivity contribution in [3.05, 3.63) is 35.4 Å². The van der Waals surface area contributed by atoms with Crippen molar-refractivity contribution in [1.82, 2.24) is 4.90 Å². The van der Waals surface area contributed by atoms with E-state index < -0.39 is 0 Å². The molecular weight excluding hydrogens is 212 g/mol. The van der Waals surface area contributed by atoms with Crippen LogP contribution in [0.15, 0.2) is 24.3 Å². The Labute approximate surface area is 105 Å². The summed E-state index contributed by atoms with van der Waals surface area (Å²) in [5.41, 5.74) is 8.40. The van der Waals surface area contributed by atoms with Gasteiger partial charge in [-0.1, -0.05) is 38.1 Å². The predicted molar refractivity (Wildman–Crippen MR) is 71.9 cm³/mol. The molecule has 0 aliphatic rings. The Bertz CT molecular complexity index is 324. The molecule has 17 heavy (non-hydrogen) atoms. The van der Waals surface area contributed by atoms with Crippen molar-refractivity contribution in [2.75, 3.05) is 26.7 Å². The van der Waals surface area contributed by atoms with E-state index in [0.717, 1.165) is 13.1 Å². The van der Waals surface area contributed by atoms with Crippen molar-refractivity contribution < 1.29 is 4.74 Å². The number of hydrogen-bond donors (Lipinski definition) is 1. The number of nitrogens with two attached hydrogens (primary N) is 1. The summed E-state index contributed by atoms with van der Waals surface area (Å²) in [7, 11) is 1.72. The maximum absolute atomic E-state index is 5.91. The van der Waals surface area contributed by atoms with Crippen molar-refractivity contribution in [2.24, 2.45) is 5.73 Å². The lowest BCUT2D eigenvalue weighted by Gasteiger charge is -2.29. The van der Waals surface area contributed by atoms with Crippen LogP contribution in [0.4, 0.5) is 0 Å². The zero-order chi connectivity index (χ0) is 12.7. The summed E-state index contributed by atoms with van der Waals surface area (Å²) >= 11 is 0. The summed E-state index contributed by atoms with van der Waals surface area (Å²) < 4.78 is 5.16. The third-order valence-corrected chi connectivity index (χ3v) is 3.12. The molecule has 1 unspecified atom stereocenters. The summed E-state index contributed by atoms with van der Waals surface area (Å²) in [6.07, 6.45) is 0. The number of hydrogen-bond acceptors (Lipinski definition) is 3. The molecule has 0 aliphatic carbocycles. The molecule has 0 amide bonds. The van der Waals surface area contributed by atoms with E-state index in [0.29, 0.717) is 19.2 Å². The van der Waals surface area contributed by atoms with Crippen LogP contribution in [0, 0.1) is 0 Å². The van der Waals surface area contributed by atoms with Crippen molar-refractivity contribution in [2.45, 2.75) is 26.5 Å². The van der Waals surface area contributed by atoms with Crippen LogP contribution in [0.5, 0.6) is 0 Å². The van der Waals surface area contributed by atoms with Crippen molar-refractivity contribution in [3.63, 3.8) is 0 Å². The van der Waals surface area contributed by atoms with E-state index in [9.17, 15) is 0 Å². The fourth-order valence-corrected chi connectivity index (χ4v) is 2.22. The number of methoxy groups -OCH3 is 1. The highest BCUT2D eigenvalue weighted by molar-refractivity contribution is 5.26. The first-order chi connectivity index (χ1) is 8.26. The third kappa shape index (κ3) is 3.80. The second kappa shape index (κ2) is 7.43. The van der Waals surface area contributed by atoms with Crippen molar-refractivity contribution in [3.8, 4) is 0 Å². The number of rotatable bonds is 7.